The zero-order valence-corrected chi connectivity index (χ0v) is 10.3. The number of aromatic amines is 1. The fraction of sp³-hybridized carbons (Fsp3) is 0.636. The van der Waals surface area contributed by atoms with Crippen LogP contribution < -0.4 is 10.6 Å². The van der Waals surface area contributed by atoms with Gasteiger partial charge in [0.1, 0.15) is 0 Å². The zero-order chi connectivity index (χ0) is 12.3. The van der Waals surface area contributed by atoms with E-state index in [2.05, 4.69) is 20.8 Å². The molecule has 2 rings (SSSR count). The predicted octanol–water partition coefficient (Wildman–Crippen LogP) is 0.929. The van der Waals surface area contributed by atoms with Gasteiger partial charge in [-0.1, -0.05) is 0 Å². The molecule has 17 heavy (non-hydrogen) atoms. The first kappa shape index (κ1) is 11.9. The molecule has 3 N–H and O–H groups in total. The van der Waals surface area contributed by atoms with E-state index < -0.39 is 0 Å². The average molecular weight is 237 g/mol. The number of aromatic nitrogens is 2. The maximum absolute atomic E-state index is 11.9. The van der Waals surface area contributed by atoms with Crippen LogP contribution in [0.4, 0.5) is 10.6 Å². The minimum absolute atomic E-state index is 0.0881. The molecule has 0 aromatic carbocycles. The SMILES string of the molecule is CCN(CC)C(=O)Nc1n[nH]c2c1CNCC2. The quantitative estimate of drug-likeness (QED) is 0.732. The fourth-order valence-electron chi connectivity index (χ4n) is 2.02. The molecule has 0 spiro atoms. The maximum atomic E-state index is 11.9. The molecule has 0 radical (unpaired) electrons. The Morgan fingerprint density at radius 1 is 1.47 bits per heavy atom. The van der Waals surface area contributed by atoms with Crippen LogP contribution in [-0.2, 0) is 13.0 Å². The van der Waals surface area contributed by atoms with Gasteiger partial charge in [0.2, 0.25) is 0 Å². The second kappa shape index (κ2) is 5.18. The number of hydrogen-bond acceptors (Lipinski definition) is 3. The first-order valence-corrected chi connectivity index (χ1v) is 6.09. The second-order valence-corrected chi connectivity index (χ2v) is 4.06. The molecule has 0 bridgehead atoms. The third-order valence-corrected chi connectivity index (χ3v) is 3.08. The van der Waals surface area contributed by atoms with Crippen molar-refractivity contribution in [3.8, 4) is 0 Å². The molecule has 6 nitrogen and oxygen atoms in total. The van der Waals surface area contributed by atoms with Gasteiger partial charge in [-0.25, -0.2) is 4.79 Å². The summed E-state index contributed by atoms with van der Waals surface area (Å²) in [5.74, 6) is 0.657. The predicted molar refractivity (Wildman–Crippen MR) is 65.9 cm³/mol. The highest BCUT2D eigenvalue weighted by Crippen LogP contribution is 2.19. The Bertz CT molecular complexity index is 397. The lowest BCUT2D eigenvalue weighted by atomic mass is 10.1. The highest BCUT2D eigenvalue weighted by atomic mass is 16.2. The Hall–Kier alpha value is -1.56. The van der Waals surface area contributed by atoms with E-state index in [4.69, 9.17) is 0 Å². The number of hydrogen-bond donors (Lipinski definition) is 3. The Balaban J connectivity index is 2.08. The topological polar surface area (TPSA) is 73.0 Å². The summed E-state index contributed by atoms with van der Waals surface area (Å²) in [6.45, 7) is 7.05. The molecule has 0 fully saturated rings. The Morgan fingerprint density at radius 2 is 2.24 bits per heavy atom. The first-order valence-electron chi connectivity index (χ1n) is 6.09. The second-order valence-electron chi connectivity index (χ2n) is 4.06. The molecular formula is C11H19N5O. The third-order valence-electron chi connectivity index (χ3n) is 3.08. The number of nitrogens with zero attached hydrogens (tertiary/aromatic N) is 2. The van der Waals surface area contributed by atoms with E-state index in [0.717, 1.165) is 30.8 Å². The number of carbonyl (C=O) groups excluding carboxylic acids is 1. The molecular weight excluding hydrogens is 218 g/mol. The number of fused-ring (bicyclic) bond motifs is 1. The van der Waals surface area contributed by atoms with Gasteiger partial charge in [0.25, 0.3) is 0 Å². The zero-order valence-electron chi connectivity index (χ0n) is 10.3. The molecule has 1 aromatic rings. The lowest BCUT2D eigenvalue weighted by Gasteiger charge is -2.19. The van der Waals surface area contributed by atoms with Gasteiger partial charge in [-0.15, -0.1) is 0 Å². The molecule has 1 aromatic heterocycles. The Labute approximate surface area is 101 Å². The Morgan fingerprint density at radius 3 is 2.94 bits per heavy atom. The van der Waals surface area contributed by atoms with Gasteiger partial charge in [0.15, 0.2) is 5.82 Å². The molecule has 0 saturated heterocycles. The van der Waals surface area contributed by atoms with Crippen LogP contribution in [-0.4, -0.2) is 40.8 Å². The van der Waals surface area contributed by atoms with Crippen molar-refractivity contribution in [1.82, 2.24) is 20.4 Å². The lowest BCUT2D eigenvalue weighted by molar-refractivity contribution is 0.217. The van der Waals surface area contributed by atoms with Crippen molar-refractivity contribution in [2.75, 3.05) is 25.0 Å². The van der Waals surface area contributed by atoms with Gasteiger partial charge in [-0.2, -0.15) is 5.10 Å². The van der Waals surface area contributed by atoms with Crippen molar-refractivity contribution in [1.29, 1.82) is 0 Å². The van der Waals surface area contributed by atoms with Gasteiger partial charge >= 0.3 is 6.03 Å². The molecule has 6 heteroatoms. The summed E-state index contributed by atoms with van der Waals surface area (Å²) in [6, 6.07) is -0.0881. The molecule has 1 aliphatic heterocycles. The lowest BCUT2D eigenvalue weighted by Crippen LogP contribution is -2.35. The van der Waals surface area contributed by atoms with Crippen LogP contribution in [0.15, 0.2) is 0 Å². The van der Waals surface area contributed by atoms with E-state index >= 15 is 0 Å². The number of H-pyrrole nitrogens is 1. The number of anilines is 1. The minimum Gasteiger partial charge on any atom is -0.325 e. The summed E-state index contributed by atoms with van der Waals surface area (Å²) in [4.78, 5) is 13.6. The highest BCUT2D eigenvalue weighted by molar-refractivity contribution is 5.89. The third kappa shape index (κ3) is 2.41. The van der Waals surface area contributed by atoms with Gasteiger partial charge < -0.3 is 10.2 Å². The monoisotopic (exact) mass is 237 g/mol. The average Bonchev–Trinajstić information content (AvgIpc) is 2.74. The number of amides is 2. The fourth-order valence-corrected chi connectivity index (χ4v) is 2.02. The Kier molecular flexibility index (Phi) is 3.63. The van der Waals surface area contributed by atoms with E-state index in [1.807, 2.05) is 13.8 Å². The van der Waals surface area contributed by atoms with Crippen molar-refractivity contribution >= 4 is 11.8 Å². The van der Waals surface area contributed by atoms with Gasteiger partial charge in [-0.05, 0) is 13.8 Å². The van der Waals surface area contributed by atoms with Crippen molar-refractivity contribution in [2.45, 2.75) is 26.8 Å². The van der Waals surface area contributed by atoms with Crippen LogP contribution >= 0.6 is 0 Å². The summed E-state index contributed by atoms with van der Waals surface area (Å²) >= 11 is 0. The van der Waals surface area contributed by atoms with Gasteiger partial charge in [-0.3, -0.25) is 10.4 Å². The molecule has 2 amide bonds. The molecule has 1 aliphatic rings. The molecule has 0 unspecified atom stereocenters. The van der Waals surface area contributed by atoms with Crippen LogP contribution in [0.1, 0.15) is 25.1 Å². The van der Waals surface area contributed by atoms with Gasteiger partial charge in [0.05, 0.1) is 0 Å². The summed E-state index contributed by atoms with van der Waals surface area (Å²) in [7, 11) is 0. The van der Waals surface area contributed by atoms with E-state index in [1.54, 1.807) is 4.90 Å². The number of nitrogens with one attached hydrogen (secondary N) is 3. The largest absolute Gasteiger partial charge is 0.325 e. The van der Waals surface area contributed by atoms with Crippen molar-refractivity contribution in [2.24, 2.45) is 0 Å². The van der Waals surface area contributed by atoms with E-state index in [1.165, 1.54) is 0 Å². The van der Waals surface area contributed by atoms with E-state index in [9.17, 15) is 4.79 Å². The summed E-state index contributed by atoms with van der Waals surface area (Å²) in [5, 5.41) is 13.3. The molecule has 2 heterocycles. The molecule has 0 aliphatic carbocycles. The van der Waals surface area contributed by atoms with Crippen molar-refractivity contribution in [3.63, 3.8) is 0 Å². The minimum atomic E-state index is -0.0881. The summed E-state index contributed by atoms with van der Waals surface area (Å²) < 4.78 is 0. The van der Waals surface area contributed by atoms with Crippen molar-refractivity contribution in [3.05, 3.63) is 11.3 Å². The van der Waals surface area contributed by atoms with Crippen LogP contribution in [0.2, 0.25) is 0 Å². The van der Waals surface area contributed by atoms with E-state index in [-0.39, 0.29) is 6.03 Å². The molecule has 0 saturated carbocycles. The standard InChI is InChI=1S/C11H19N5O/c1-3-16(4-2)11(17)13-10-8-7-12-6-5-9(8)14-15-10/h12H,3-7H2,1-2H3,(H2,13,14,15,17). The first-order chi connectivity index (χ1) is 8.26. The number of carbonyl (C=O) groups is 1. The molecule has 0 atom stereocenters. The van der Waals surface area contributed by atoms with Crippen molar-refractivity contribution < 1.29 is 4.79 Å². The van der Waals surface area contributed by atoms with E-state index in [0.29, 0.717) is 18.9 Å². The smallest absolute Gasteiger partial charge is 0.323 e. The van der Waals surface area contributed by atoms with Crippen LogP contribution in [0.3, 0.4) is 0 Å². The maximum Gasteiger partial charge on any atom is 0.323 e. The van der Waals surface area contributed by atoms with Gasteiger partial charge in [0, 0.05) is 43.9 Å². The highest BCUT2D eigenvalue weighted by Gasteiger charge is 2.19. The molecule has 94 valence electrons. The van der Waals surface area contributed by atoms with Crippen LogP contribution in [0, 0.1) is 0 Å². The number of urea groups is 1. The van der Waals surface area contributed by atoms with Crippen LogP contribution in [0.5, 0.6) is 0 Å². The summed E-state index contributed by atoms with van der Waals surface area (Å²) in [5.41, 5.74) is 2.20. The summed E-state index contributed by atoms with van der Waals surface area (Å²) in [6.07, 6.45) is 0.934. The number of rotatable bonds is 3. The normalized spacial score (nSPS) is 14.2. The van der Waals surface area contributed by atoms with Crippen LogP contribution in [0.25, 0.3) is 0 Å².